The summed E-state index contributed by atoms with van der Waals surface area (Å²) < 4.78 is 0. The Balaban J connectivity index is 2.76. The summed E-state index contributed by atoms with van der Waals surface area (Å²) in [6.07, 6.45) is 1.96. The first kappa shape index (κ1) is 16.0. The van der Waals surface area contributed by atoms with E-state index in [9.17, 15) is 9.59 Å². The summed E-state index contributed by atoms with van der Waals surface area (Å²) in [5.74, 6) is -0.964. The minimum atomic E-state index is -0.964. The Bertz CT molecular complexity index is 500. The summed E-state index contributed by atoms with van der Waals surface area (Å²) in [5.41, 5.74) is 1.48. The molecule has 0 radical (unpaired) electrons. The normalized spacial score (nSPS) is 11.8. The lowest BCUT2D eigenvalue weighted by Crippen LogP contribution is -2.38. The summed E-state index contributed by atoms with van der Waals surface area (Å²) in [5, 5.41) is 11.7. The predicted molar refractivity (Wildman–Crippen MR) is 79.3 cm³/mol. The van der Waals surface area contributed by atoms with Gasteiger partial charge in [-0.25, -0.2) is 9.59 Å². The van der Waals surface area contributed by atoms with Crippen LogP contribution in [0.25, 0.3) is 0 Å². The highest BCUT2D eigenvalue weighted by Crippen LogP contribution is 2.16. The van der Waals surface area contributed by atoms with Gasteiger partial charge in [0.25, 0.3) is 0 Å². The van der Waals surface area contributed by atoms with Crippen LogP contribution in [0, 0.1) is 6.92 Å². The van der Waals surface area contributed by atoms with E-state index >= 15 is 0 Å². The summed E-state index contributed by atoms with van der Waals surface area (Å²) in [6.45, 7) is 5.79. The Morgan fingerprint density at radius 2 is 2.05 bits per heavy atom. The monoisotopic (exact) mass is 278 g/mol. The Morgan fingerprint density at radius 3 is 2.55 bits per heavy atom. The molecule has 1 aromatic rings. The van der Waals surface area contributed by atoms with E-state index in [2.05, 4.69) is 12.2 Å². The van der Waals surface area contributed by atoms with Gasteiger partial charge in [0.15, 0.2) is 0 Å². The summed E-state index contributed by atoms with van der Waals surface area (Å²) >= 11 is 0. The molecule has 0 aromatic heterocycles. The van der Waals surface area contributed by atoms with Crippen molar-refractivity contribution in [3.63, 3.8) is 0 Å². The molecule has 110 valence electrons. The highest BCUT2D eigenvalue weighted by atomic mass is 16.4. The van der Waals surface area contributed by atoms with Crippen molar-refractivity contribution in [3.8, 4) is 0 Å². The van der Waals surface area contributed by atoms with Crippen molar-refractivity contribution in [2.24, 2.45) is 0 Å². The van der Waals surface area contributed by atoms with Crippen molar-refractivity contribution in [2.75, 3.05) is 12.4 Å². The van der Waals surface area contributed by atoms with Gasteiger partial charge < -0.3 is 15.3 Å². The molecule has 0 heterocycles. The Morgan fingerprint density at radius 1 is 1.40 bits per heavy atom. The zero-order valence-corrected chi connectivity index (χ0v) is 12.4. The van der Waals surface area contributed by atoms with Gasteiger partial charge in [-0.1, -0.05) is 13.3 Å². The van der Waals surface area contributed by atoms with E-state index in [4.69, 9.17) is 5.11 Å². The van der Waals surface area contributed by atoms with Crippen molar-refractivity contribution in [3.05, 3.63) is 29.3 Å². The minimum absolute atomic E-state index is 0.166. The maximum Gasteiger partial charge on any atom is 0.335 e. The summed E-state index contributed by atoms with van der Waals surface area (Å²) in [7, 11) is 1.76. The van der Waals surface area contributed by atoms with Crippen molar-refractivity contribution >= 4 is 17.7 Å². The van der Waals surface area contributed by atoms with Crippen LogP contribution < -0.4 is 5.32 Å². The maximum absolute atomic E-state index is 12.1. The molecule has 5 nitrogen and oxygen atoms in total. The van der Waals surface area contributed by atoms with E-state index in [-0.39, 0.29) is 17.6 Å². The quantitative estimate of drug-likeness (QED) is 0.867. The van der Waals surface area contributed by atoms with Gasteiger partial charge in [0.05, 0.1) is 5.56 Å². The number of urea groups is 1. The van der Waals surface area contributed by atoms with Crippen LogP contribution in [0.4, 0.5) is 10.5 Å². The van der Waals surface area contributed by atoms with Crippen molar-refractivity contribution in [2.45, 2.75) is 39.7 Å². The number of aryl methyl sites for hydroxylation is 1. The van der Waals surface area contributed by atoms with Gasteiger partial charge in [0.1, 0.15) is 0 Å². The Labute approximate surface area is 119 Å². The number of amides is 2. The molecule has 0 spiro atoms. The number of carboxylic acids is 1. The first-order valence-corrected chi connectivity index (χ1v) is 6.74. The molecular weight excluding hydrogens is 256 g/mol. The first-order chi connectivity index (χ1) is 9.36. The number of carbonyl (C=O) groups is 2. The van der Waals surface area contributed by atoms with Gasteiger partial charge in [-0.05, 0) is 44.0 Å². The highest BCUT2D eigenvalue weighted by molar-refractivity contribution is 5.92. The average Bonchev–Trinajstić information content (AvgIpc) is 2.37. The van der Waals surface area contributed by atoms with E-state index in [0.29, 0.717) is 11.3 Å². The van der Waals surface area contributed by atoms with Gasteiger partial charge in [0, 0.05) is 18.8 Å². The maximum atomic E-state index is 12.1. The predicted octanol–water partition coefficient (Wildman–Crippen LogP) is 3.35. The Hall–Kier alpha value is -2.04. The zero-order valence-electron chi connectivity index (χ0n) is 12.4. The van der Waals surface area contributed by atoms with Crippen molar-refractivity contribution < 1.29 is 14.7 Å². The number of hydrogen-bond donors (Lipinski definition) is 2. The van der Waals surface area contributed by atoms with Crippen LogP contribution in [-0.4, -0.2) is 35.1 Å². The second-order valence-electron chi connectivity index (χ2n) is 5.01. The second kappa shape index (κ2) is 6.93. The highest BCUT2D eigenvalue weighted by Gasteiger charge is 2.15. The molecule has 2 amide bonds. The number of carboxylic acid groups (broad SMARTS) is 1. The van der Waals surface area contributed by atoms with Crippen LogP contribution in [0.2, 0.25) is 0 Å². The summed E-state index contributed by atoms with van der Waals surface area (Å²) in [4.78, 5) is 24.6. The zero-order chi connectivity index (χ0) is 15.3. The fourth-order valence-electron chi connectivity index (χ4n) is 2.00. The number of benzene rings is 1. The molecule has 1 aromatic carbocycles. The van der Waals surface area contributed by atoms with E-state index < -0.39 is 5.97 Å². The average molecular weight is 278 g/mol. The van der Waals surface area contributed by atoms with E-state index in [1.54, 1.807) is 31.0 Å². The van der Waals surface area contributed by atoms with E-state index in [1.807, 2.05) is 6.92 Å². The lowest BCUT2D eigenvalue weighted by Gasteiger charge is -2.25. The standard InChI is InChI=1S/C15H22N2O3/c1-5-6-11(3)17(4)15(20)16-12-7-8-13(14(18)19)10(2)9-12/h7-9,11H,5-6H2,1-4H3,(H,16,20)(H,18,19). The molecule has 0 aliphatic carbocycles. The van der Waals surface area contributed by atoms with Gasteiger partial charge >= 0.3 is 12.0 Å². The number of hydrogen-bond acceptors (Lipinski definition) is 2. The number of aromatic carboxylic acids is 1. The van der Waals surface area contributed by atoms with Gasteiger partial charge in [-0.3, -0.25) is 0 Å². The van der Waals surface area contributed by atoms with Crippen LogP contribution in [0.5, 0.6) is 0 Å². The largest absolute Gasteiger partial charge is 0.478 e. The number of rotatable bonds is 5. The third-order valence-corrected chi connectivity index (χ3v) is 3.40. The smallest absolute Gasteiger partial charge is 0.335 e. The third-order valence-electron chi connectivity index (χ3n) is 3.40. The lowest BCUT2D eigenvalue weighted by atomic mass is 10.1. The molecule has 1 unspecified atom stereocenters. The van der Waals surface area contributed by atoms with E-state index in [1.165, 1.54) is 6.07 Å². The third kappa shape index (κ3) is 3.98. The first-order valence-electron chi connectivity index (χ1n) is 6.74. The number of anilines is 1. The van der Waals surface area contributed by atoms with Crippen molar-refractivity contribution in [1.82, 2.24) is 4.90 Å². The van der Waals surface area contributed by atoms with Crippen LogP contribution >= 0.6 is 0 Å². The molecule has 5 heteroatoms. The lowest BCUT2D eigenvalue weighted by molar-refractivity contribution is 0.0696. The molecule has 0 saturated heterocycles. The molecule has 20 heavy (non-hydrogen) atoms. The molecule has 2 N–H and O–H groups in total. The van der Waals surface area contributed by atoms with Crippen LogP contribution in [0.1, 0.15) is 42.6 Å². The van der Waals surface area contributed by atoms with Crippen LogP contribution in [0.3, 0.4) is 0 Å². The molecule has 1 rings (SSSR count). The van der Waals surface area contributed by atoms with Crippen LogP contribution in [0.15, 0.2) is 18.2 Å². The topological polar surface area (TPSA) is 69.6 Å². The Kier molecular flexibility index (Phi) is 5.55. The molecule has 0 fully saturated rings. The SMILES string of the molecule is CCCC(C)N(C)C(=O)Nc1ccc(C(=O)O)c(C)c1. The number of nitrogens with zero attached hydrogens (tertiary/aromatic N) is 1. The van der Waals surface area contributed by atoms with Gasteiger partial charge in [-0.15, -0.1) is 0 Å². The van der Waals surface area contributed by atoms with Gasteiger partial charge in [-0.2, -0.15) is 0 Å². The molecule has 1 atom stereocenters. The van der Waals surface area contributed by atoms with Gasteiger partial charge in [0.2, 0.25) is 0 Å². The fraction of sp³-hybridized carbons (Fsp3) is 0.467. The molecular formula is C15H22N2O3. The second-order valence-corrected chi connectivity index (χ2v) is 5.01. The van der Waals surface area contributed by atoms with Crippen LogP contribution in [-0.2, 0) is 0 Å². The summed E-state index contributed by atoms with van der Waals surface area (Å²) in [6, 6.07) is 4.75. The number of nitrogens with one attached hydrogen (secondary N) is 1. The molecule has 0 aliphatic rings. The van der Waals surface area contributed by atoms with Crippen molar-refractivity contribution in [1.29, 1.82) is 0 Å². The minimum Gasteiger partial charge on any atom is -0.478 e. The molecule has 0 saturated carbocycles. The fourth-order valence-corrected chi connectivity index (χ4v) is 2.00. The molecule has 0 aliphatic heterocycles. The number of carbonyl (C=O) groups excluding carboxylic acids is 1. The van der Waals surface area contributed by atoms with E-state index in [0.717, 1.165) is 12.8 Å². The molecule has 0 bridgehead atoms.